The van der Waals surface area contributed by atoms with E-state index < -0.39 is 0 Å². The van der Waals surface area contributed by atoms with Gasteiger partial charge in [-0.25, -0.2) is 0 Å². The molecule has 2 heterocycles. The largest absolute Gasteiger partial charge is 0.461 e. The Balaban J connectivity index is 1.82. The minimum atomic E-state index is 0.507. The van der Waals surface area contributed by atoms with Gasteiger partial charge in [-0.3, -0.25) is 0 Å². The summed E-state index contributed by atoms with van der Waals surface area (Å²) in [5, 5.41) is 12.3. The number of aryl methyl sites for hydroxylation is 1. The first-order chi connectivity index (χ1) is 8.81. The Kier molecular flexibility index (Phi) is 2.64. The zero-order valence-corrected chi connectivity index (χ0v) is 9.95. The zero-order valence-electron chi connectivity index (χ0n) is 9.95. The number of nitrogens with zero attached hydrogens (tertiary/aromatic N) is 4. The van der Waals surface area contributed by atoms with Gasteiger partial charge in [-0.15, -0.1) is 10.2 Å². The molecule has 0 saturated heterocycles. The Morgan fingerprint density at radius 1 is 1.22 bits per heavy atom. The third-order valence-corrected chi connectivity index (χ3v) is 2.60. The molecule has 0 unspecified atom stereocenters. The Morgan fingerprint density at radius 2 is 2.17 bits per heavy atom. The van der Waals surface area contributed by atoms with E-state index in [1.807, 2.05) is 18.2 Å². The third kappa shape index (κ3) is 2.15. The second-order valence-electron chi connectivity index (χ2n) is 4.11. The molecule has 18 heavy (non-hydrogen) atoms. The van der Waals surface area contributed by atoms with E-state index in [-0.39, 0.29) is 0 Å². The quantitative estimate of drug-likeness (QED) is 0.704. The summed E-state index contributed by atoms with van der Waals surface area (Å²) in [6.45, 7) is 2.67. The van der Waals surface area contributed by atoms with Gasteiger partial charge in [-0.1, -0.05) is 29.8 Å². The van der Waals surface area contributed by atoms with Gasteiger partial charge in [0.25, 0.3) is 0 Å². The highest BCUT2D eigenvalue weighted by atomic mass is 16.3. The maximum atomic E-state index is 5.22. The van der Waals surface area contributed by atoms with Crippen LogP contribution in [-0.2, 0) is 6.54 Å². The van der Waals surface area contributed by atoms with Crippen molar-refractivity contribution in [2.24, 2.45) is 0 Å². The monoisotopic (exact) mass is 240 g/mol. The zero-order chi connectivity index (χ0) is 12.4. The van der Waals surface area contributed by atoms with Crippen molar-refractivity contribution in [1.29, 1.82) is 0 Å². The highest BCUT2D eigenvalue weighted by molar-refractivity contribution is 5.43. The molecule has 1 aromatic carbocycles. The summed E-state index contributed by atoms with van der Waals surface area (Å²) in [5.74, 6) is 1.14. The summed E-state index contributed by atoms with van der Waals surface area (Å²) >= 11 is 0. The summed E-state index contributed by atoms with van der Waals surface area (Å²) in [7, 11) is 0. The lowest BCUT2D eigenvalue weighted by molar-refractivity contribution is 0.564. The number of hydrogen-bond donors (Lipinski definition) is 0. The maximum absolute atomic E-state index is 5.22. The fourth-order valence-electron chi connectivity index (χ4n) is 1.79. The molecule has 0 aliphatic rings. The highest BCUT2D eigenvalue weighted by Crippen LogP contribution is 2.13. The summed E-state index contributed by atoms with van der Waals surface area (Å²) in [6, 6.07) is 11.9. The molecule has 0 aliphatic carbocycles. The van der Waals surface area contributed by atoms with Gasteiger partial charge in [0.2, 0.25) is 5.82 Å². The van der Waals surface area contributed by atoms with E-state index >= 15 is 0 Å². The normalized spacial score (nSPS) is 10.7. The molecular weight excluding hydrogens is 228 g/mol. The Hall–Kier alpha value is -2.43. The van der Waals surface area contributed by atoms with Gasteiger partial charge < -0.3 is 4.42 Å². The third-order valence-electron chi connectivity index (χ3n) is 2.60. The Labute approximate surface area is 104 Å². The van der Waals surface area contributed by atoms with Crippen LogP contribution in [0.25, 0.3) is 11.6 Å². The van der Waals surface area contributed by atoms with Crippen molar-refractivity contribution >= 4 is 0 Å². The minimum absolute atomic E-state index is 0.507. The van der Waals surface area contributed by atoms with Gasteiger partial charge in [0.15, 0.2) is 5.76 Å². The van der Waals surface area contributed by atoms with Gasteiger partial charge in [-0.05, 0) is 29.8 Å². The van der Waals surface area contributed by atoms with Crippen molar-refractivity contribution in [3.8, 4) is 11.6 Å². The SMILES string of the molecule is Cc1cccc(Cn2nnc(-c3ccco3)n2)c1. The molecule has 5 heteroatoms. The fraction of sp³-hybridized carbons (Fsp3) is 0.154. The fourth-order valence-corrected chi connectivity index (χ4v) is 1.79. The van der Waals surface area contributed by atoms with E-state index in [0.717, 1.165) is 5.56 Å². The molecular formula is C13H12N4O. The second kappa shape index (κ2) is 4.44. The van der Waals surface area contributed by atoms with Crippen LogP contribution in [0.1, 0.15) is 11.1 Å². The molecule has 0 saturated carbocycles. The molecule has 0 aliphatic heterocycles. The van der Waals surface area contributed by atoms with E-state index in [1.54, 1.807) is 17.1 Å². The van der Waals surface area contributed by atoms with Crippen LogP contribution in [0.15, 0.2) is 47.1 Å². The van der Waals surface area contributed by atoms with E-state index in [2.05, 4.69) is 34.5 Å². The molecule has 0 spiro atoms. The van der Waals surface area contributed by atoms with Crippen LogP contribution >= 0.6 is 0 Å². The predicted molar refractivity (Wildman–Crippen MR) is 65.8 cm³/mol. The Bertz CT molecular complexity index is 643. The molecule has 5 nitrogen and oxygen atoms in total. The van der Waals surface area contributed by atoms with Crippen LogP contribution in [0.3, 0.4) is 0 Å². The van der Waals surface area contributed by atoms with Gasteiger partial charge >= 0.3 is 0 Å². The molecule has 0 amide bonds. The first kappa shape index (κ1) is 10.7. The summed E-state index contributed by atoms with van der Waals surface area (Å²) in [6.07, 6.45) is 1.59. The lowest BCUT2D eigenvalue weighted by atomic mass is 10.1. The average Bonchev–Trinajstić information content (AvgIpc) is 2.98. The van der Waals surface area contributed by atoms with E-state index in [1.165, 1.54) is 5.56 Å². The maximum Gasteiger partial charge on any atom is 0.240 e. The molecule has 3 aromatic rings. The topological polar surface area (TPSA) is 56.7 Å². The van der Waals surface area contributed by atoms with Crippen LogP contribution in [0.5, 0.6) is 0 Å². The van der Waals surface area contributed by atoms with Crippen molar-refractivity contribution in [1.82, 2.24) is 20.2 Å². The standard InChI is InChI=1S/C13H12N4O/c1-10-4-2-5-11(8-10)9-17-15-13(14-16-17)12-6-3-7-18-12/h2-8H,9H2,1H3. The first-order valence-electron chi connectivity index (χ1n) is 5.68. The minimum Gasteiger partial charge on any atom is -0.461 e. The molecule has 3 rings (SSSR count). The smallest absolute Gasteiger partial charge is 0.240 e. The number of tetrazole rings is 1. The van der Waals surface area contributed by atoms with Gasteiger partial charge in [0.1, 0.15) is 0 Å². The molecule has 0 bridgehead atoms. The van der Waals surface area contributed by atoms with Gasteiger partial charge in [-0.2, -0.15) is 4.80 Å². The van der Waals surface area contributed by atoms with Crippen LogP contribution in [0.4, 0.5) is 0 Å². The molecule has 90 valence electrons. The van der Waals surface area contributed by atoms with Crippen molar-refractivity contribution in [2.45, 2.75) is 13.5 Å². The van der Waals surface area contributed by atoms with Crippen molar-refractivity contribution in [3.05, 3.63) is 53.8 Å². The summed E-state index contributed by atoms with van der Waals surface area (Å²) in [5.41, 5.74) is 2.37. The first-order valence-corrected chi connectivity index (χ1v) is 5.68. The molecule has 0 fully saturated rings. The van der Waals surface area contributed by atoms with E-state index in [0.29, 0.717) is 18.1 Å². The van der Waals surface area contributed by atoms with Gasteiger partial charge in [0, 0.05) is 0 Å². The highest BCUT2D eigenvalue weighted by Gasteiger charge is 2.08. The van der Waals surface area contributed by atoms with E-state index in [9.17, 15) is 0 Å². The van der Waals surface area contributed by atoms with Crippen LogP contribution in [-0.4, -0.2) is 20.2 Å². The van der Waals surface area contributed by atoms with Gasteiger partial charge in [0.05, 0.1) is 12.8 Å². The molecule has 0 N–H and O–H groups in total. The molecule has 2 aromatic heterocycles. The van der Waals surface area contributed by atoms with Crippen LogP contribution in [0.2, 0.25) is 0 Å². The van der Waals surface area contributed by atoms with Crippen LogP contribution in [0, 0.1) is 6.92 Å². The lowest BCUT2D eigenvalue weighted by Crippen LogP contribution is -2.04. The number of benzene rings is 1. The average molecular weight is 240 g/mol. The van der Waals surface area contributed by atoms with Crippen molar-refractivity contribution in [3.63, 3.8) is 0 Å². The van der Waals surface area contributed by atoms with Crippen molar-refractivity contribution < 1.29 is 4.42 Å². The predicted octanol–water partition coefficient (Wildman–Crippen LogP) is 2.29. The molecule has 0 atom stereocenters. The number of rotatable bonds is 3. The molecule has 0 radical (unpaired) electrons. The van der Waals surface area contributed by atoms with Crippen molar-refractivity contribution in [2.75, 3.05) is 0 Å². The lowest BCUT2D eigenvalue weighted by Gasteiger charge is -2.00. The summed E-state index contributed by atoms with van der Waals surface area (Å²) in [4.78, 5) is 1.56. The number of furan rings is 1. The van der Waals surface area contributed by atoms with Crippen LogP contribution < -0.4 is 0 Å². The van der Waals surface area contributed by atoms with E-state index in [4.69, 9.17) is 4.42 Å². The summed E-state index contributed by atoms with van der Waals surface area (Å²) < 4.78 is 5.22. The number of hydrogen-bond acceptors (Lipinski definition) is 4. The second-order valence-corrected chi connectivity index (χ2v) is 4.11. The Morgan fingerprint density at radius 3 is 2.94 bits per heavy atom. The number of aromatic nitrogens is 4.